The smallest absolute Gasteiger partial charge is 0.108 e. The van der Waals surface area contributed by atoms with E-state index in [1.54, 1.807) is 10.9 Å². The molecule has 0 bridgehead atoms. The number of benzene rings is 1. The first-order valence-corrected chi connectivity index (χ1v) is 11.3. The normalized spacial score (nSPS) is 11.4. The van der Waals surface area contributed by atoms with Crippen LogP contribution in [0.3, 0.4) is 0 Å². The molecule has 0 saturated carbocycles. The molecule has 168 valence electrons. The number of halogens is 1. The Morgan fingerprint density at radius 1 is 1.12 bits per heavy atom. The molecule has 1 aromatic carbocycles. The number of aryl methyl sites for hydroxylation is 2. The van der Waals surface area contributed by atoms with Crippen LogP contribution >= 0.6 is 11.6 Å². The summed E-state index contributed by atoms with van der Waals surface area (Å²) < 4.78 is 1.95. The predicted molar refractivity (Wildman–Crippen MR) is 131 cm³/mol. The maximum Gasteiger partial charge on any atom is 0.108 e. The van der Waals surface area contributed by atoms with Crippen LogP contribution in [-0.4, -0.2) is 24.8 Å². The summed E-state index contributed by atoms with van der Waals surface area (Å²) in [5.74, 6) is 0. The summed E-state index contributed by atoms with van der Waals surface area (Å²) in [6.07, 6.45) is 6.73. The van der Waals surface area contributed by atoms with Crippen LogP contribution in [0.4, 0.5) is 0 Å². The third-order valence-corrected chi connectivity index (χ3v) is 5.33. The van der Waals surface area contributed by atoms with Crippen molar-refractivity contribution in [2.45, 2.75) is 61.4 Å². The standard InChI is InChI=1S/C23H25ClN6.C2H6/c1-6-9-19(7-2)30-27-21(8-3)22(28-30)14-29-16(5)23(15(4)26-29)17-10-11-18(13-25)20(24)12-17;1-2/h6-7,9-12H,8,14H2,1-5H3;1-2H3/b9-6-,19-7+;. The number of nitriles is 1. The first kappa shape index (κ1) is 25.1. The van der Waals surface area contributed by atoms with Crippen molar-refractivity contribution < 1.29 is 0 Å². The molecule has 7 heteroatoms. The number of rotatable bonds is 6. The first-order chi connectivity index (χ1) is 15.4. The Morgan fingerprint density at radius 2 is 1.81 bits per heavy atom. The average molecular weight is 451 g/mol. The van der Waals surface area contributed by atoms with Gasteiger partial charge in [-0.1, -0.05) is 50.6 Å². The number of hydrogen-bond acceptors (Lipinski definition) is 4. The average Bonchev–Trinajstić information content (AvgIpc) is 3.33. The monoisotopic (exact) mass is 450 g/mol. The second kappa shape index (κ2) is 11.4. The van der Waals surface area contributed by atoms with E-state index in [4.69, 9.17) is 27.1 Å². The Kier molecular flexibility index (Phi) is 8.98. The van der Waals surface area contributed by atoms with Crippen molar-refractivity contribution in [3.8, 4) is 17.2 Å². The van der Waals surface area contributed by atoms with Crippen molar-refractivity contribution in [2.75, 3.05) is 0 Å². The summed E-state index contributed by atoms with van der Waals surface area (Å²) in [6, 6.07) is 7.58. The van der Waals surface area contributed by atoms with Gasteiger partial charge in [-0.3, -0.25) is 4.68 Å². The molecular weight excluding hydrogens is 420 g/mol. The van der Waals surface area contributed by atoms with Gasteiger partial charge in [-0.15, -0.1) is 0 Å². The molecule has 0 amide bonds. The van der Waals surface area contributed by atoms with Gasteiger partial charge in [-0.2, -0.15) is 25.4 Å². The molecule has 0 aliphatic heterocycles. The van der Waals surface area contributed by atoms with Crippen LogP contribution in [0.25, 0.3) is 16.8 Å². The zero-order chi connectivity index (χ0) is 23.8. The van der Waals surface area contributed by atoms with Crippen LogP contribution in [0, 0.1) is 25.2 Å². The number of aromatic nitrogens is 5. The van der Waals surface area contributed by atoms with E-state index in [1.807, 2.05) is 76.6 Å². The van der Waals surface area contributed by atoms with E-state index in [-0.39, 0.29) is 0 Å². The van der Waals surface area contributed by atoms with E-state index in [1.165, 1.54) is 0 Å². The molecule has 0 aliphatic carbocycles. The van der Waals surface area contributed by atoms with Gasteiger partial charge in [0.1, 0.15) is 11.8 Å². The van der Waals surface area contributed by atoms with Crippen LogP contribution in [0.1, 0.15) is 63.0 Å². The largest absolute Gasteiger partial charge is 0.263 e. The minimum Gasteiger partial charge on any atom is -0.263 e. The summed E-state index contributed by atoms with van der Waals surface area (Å²) >= 11 is 6.25. The maximum absolute atomic E-state index is 9.13. The van der Waals surface area contributed by atoms with Gasteiger partial charge >= 0.3 is 0 Å². The number of hydrogen-bond donors (Lipinski definition) is 0. The molecule has 32 heavy (non-hydrogen) atoms. The van der Waals surface area contributed by atoms with E-state index in [9.17, 15) is 0 Å². The lowest BCUT2D eigenvalue weighted by molar-refractivity contribution is 0.636. The van der Waals surface area contributed by atoms with Crippen molar-refractivity contribution in [2.24, 2.45) is 0 Å². The Morgan fingerprint density at radius 3 is 2.38 bits per heavy atom. The topological polar surface area (TPSA) is 72.3 Å². The minimum absolute atomic E-state index is 0.445. The molecule has 3 rings (SSSR count). The molecule has 2 heterocycles. The van der Waals surface area contributed by atoms with Crippen molar-refractivity contribution in [1.29, 1.82) is 5.26 Å². The Hall–Kier alpha value is -3.17. The lowest BCUT2D eigenvalue weighted by atomic mass is 10.0. The quantitative estimate of drug-likeness (QED) is 0.409. The summed E-state index contributed by atoms with van der Waals surface area (Å²) in [5, 5.41) is 23.7. The minimum atomic E-state index is 0.445. The van der Waals surface area contributed by atoms with Gasteiger partial charge in [0.05, 0.1) is 34.2 Å². The van der Waals surface area contributed by atoms with E-state index >= 15 is 0 Å². The lowest BCUT2D eigenvalue weighted by Gasteiger charge is -2.06. The Balaban J connectivity index is 0.00000176. The molecular formula is C25H31ClN6. The van der Waals surface area contributed by atoms with Crippen molar-refractivity contribution >= 4 is 17.3 Å². The zero-order valence-corrected chi connectivity index (χ0v) is 20.7. The molecule has 0 fully saturated rings. The summed E-state index contributed by atoms with van der Waals surface area (Å²) in [7, 11) is 0. The fourth-order valence-electron chi connectivity index (χ4n) is 3.50. The Bertz CT molecular complexity index is 1170. The van der Waals surface area contributed by atoms with Crippen LogP contribution in [0.2, 0.25) is 5.02 Å². The highest BCUT2D eigenvalue weighted by Crippen LogP contribution is 2.30. The van der Waals surface area contributed by atoms with Gasteiger partial charge in [0.2, 0.25) is 0 Å². The van der Waals surface area contributed by atoms with Gasteiger partial charge in [-0.05, 0) is 57.9 Å². The molecule has 2 aromatic heterocycles. The van der Waals surface area contributed by atoms with Gasteiger partial charge in [0.25, 0.3) is 0 Å². The number of nitrogens with zero attached hydrogens (tertiary/aromatic N) is 6. The molecule has 0 saturated heterocycles. The second-order valence-corrected chi connectivity index (χ2v) is 7.37. The Labute approximate surface area is 195 Å². The van der Waals surface area contributed by atoms with Gasteiger partial charge in [-0.25, -0.2) is 0 Å². The second-order valence-electron chi connectivity index (χ2n) is 6.96. The fourth-order valence-corrected chi connectivity index (χ4v) is 3.72. The van der Waals surface area contributed by atoms with Crippen LogP contribution < -0.4 is 0 Å². The van der Waals surface area contributed by atoms with E-state index in [0.717, 1.165) is 46.0 Å². The van der Waals surface area contributed by atoms with Crippen LogP contribution in [0.5, 0.6) is 0 Å². The SMILES string of the molecule is C/C=C\C(=C/C)n1nc(CC)c(Cn2nc(C)c(-c3ccc(C#N)c(Cl)c3)c2C)n1.CC. The van der Waals surface area contributed by atoms with Gasteiger partial charge < -0.3 is 0 Å². The lowest BCUT2D eigenvalue weighted by Crippen LogP contribution is -2.07. The highest BCUT2D eigenvalue weighted by molar-refractivity contribution is 6.32. The first-order valence-electron chi connectivity index (χ1n) is 10.9. The highest BCUT2D eigenvalue weighted by atomic mass is 35.5. The van der Waals surface area contributed by atoms with Crippen molar-refractivity contribution in [3.63, 3.8) is 0 Å². The molecule has 0 N–H and O–H groups in total. The zero-order valence-electron chi connectivity index (χ0n) is 19.9. The molecule has 0 radical (unpaired) electrons. The fraction of sp³-hybridized carbons (Fsp3) is 0.360. The third-order valence-electron chi connectivity index (χ3n) is 5.02. The van der Waals surface area contributed by atoms with Crippen molar-refractivity contribution in [3.05, 3.63) is 69.8 Å². The summed E-state index contributed by atoms with van der Waals surface area (Å²) in [6.45, 7) is 14.6. The third kappa shape index (κ3) is 5.17. The molecule has 0 unspecified atom stereocenters. The number of allylic oxidation sites excluding steroid dienone is 4. The van der Waals surface area contributed by atoms with Crippen LogP contribution in [0.15, 0.2) is 36.4 Å². The molecule has 6 nitrogen and oxygen atoms in total. The van der Waals surface area contributed by atoms with E-state index < -0.39 is 0 Å². The van der Waals surface area contributed by atoms with Gasteiger partial charge in [0.15, 0.2) is 0 Å². The predicted octanol–water partition coefficient (Wildman–Crippen LogP) is 6.36. The molecule has 3 aromatic rings. The van der Waals surface area contributed by atoms with E-state index in [2.05, 4.69) is 18.1 Å². The summed E-state index contributed by atoms with van der Waals surface area (Å²) in [4.78, 5) is 1.68. The molecule has 0 aliphatic rings. The molecule has 0 atom stereocenters. The van der Waals surface area contributed by atoms with Gasteiger partial charge in [0, 0.05) is 11.3 Å². The highest BCUT2D eigenvalue weighted by Gasteiger charge is 2.18. The van der Waals surface area contributed by atoms with Crippen LogP contribution in [-0.2, 0) is 13.0 Å². The molecule has 0 spiro atoms. The summed E-state index contributed by atoms with van der Waals surface area (Å²) in [5.41, 5.74) is 7.14. The van der Waals surface area contributed by atoms with Crippen molar-refractivity contribution in [1.82, 2.24) is 24.8 Å². The van der Waals surface area contributed by atoms with E-state index in [0.29, 0.717) is 17.1 Å². The maximum atomic E-state index is 9.13.